The van der Waals surface area contributed by atoms with E-state index in [9.17, 15) is 13.2 Å². The monoisotopic (exact) mass is 594 g/mol. The maximum atomic E-state index is 13.3. The molecule has 2 aromatic carbocycles. The summed E-state index contributed by atoms with van der Waals surface area (Å²) in [5.74, 6) is -1.20. The first-order valence-corrected chi connectivity index (χ1v) is 15.2. The zero-order valence-corrected chi connectivity index (χ0v) is 24.2. The Bertz CT molecular complexity index is 1520. The number of pyridine rings is 1. The predicted octanol–water partition coefficient (Wildman–Crippen LogP) is 5.07. The van der Waals surface area contributed by atoms with E-state index in [-0.39, 0.29) is 30.0 Å². The van der Waals surface area contributed by atoms with Crippen LogP contribution >= 0.6 is 11.6 Å². The van der Waals surface area contributed by atoms with Gasteiger partial charge in [0.2, 0.25) is 10.0 Å². The molecule has 0 radical (unpaired) electrons. The summed E-state index contributed by atoms with van der Waals surface area (Å²) in [6.07, 6.45) is 8.51. The second kappa shape index (κ2) is 14.0. The molecule has 9 nitrogen and oxygen atoms in total. The van der Waals surface area contributed by atoms with Crippen molar-refractivity contribution in [1.29, 1.82) is 5.26 Å². The van der Waals surface area contributed by atoms with E-state index in [1.54, 1.807) is 61.7 Å². The van der Waals surface area contributed by atoms with Gasteiger partial charge in [0.1, 0.15) is 11.9 Å². The molecule has 0 aliphatic carbocycles. The third kappa shape index (κ3) is 8.22. The van der Waals surface area contributed by atoms with Crippen molar-refractivity contribution in [1.82, 2.24) is 4.98 Å². The zero-order valence-electron chi connectivity index (χ0n) is 22.6. The fourth-order valence-corrected chi connectivity index (χ4v) is 6.00. The minimum Gasteiger partial charge on any atom is -0.489 e. The number of benzene rings is 2. The van der Waals surface area contributed by atoms with Gasteiger partial charge in [0, 0.05) is 32.1 Å². The van der Waals surface area contributed by atoms with Crippen LogP contribution in [0.1, 0.15) is 30.9 Å². The number of anilines is 2. The number of piperidine rings is 1. The van der Waals surface area contributed by atoms with Crippen molar-refractivity contribution in [3.63, 3.8) is 0 Å². The predicted molar refractivity (Wildman–Crippen MR) is 160 cm³/mol. The number of nitriles is 1. The van der Waals surface area contributed by atoms with E-state index in [1.165, 1.54) is 6.07 Å². The second-order valence-corrected chi connectivity index (χ2v) is 11.7. The van der Waals surface area contributed by atoms with Crippen LogP contribution in [-0.2, 0) is 19.6 Å². The van der Waals surface area contributed by atoms with E-state index < -0.39 is 21.7 Å². The molecular weight excluding hydrogens is 564 g/mol. The Labute approximate surface area is 245 Å². The summed E-state index contributed by atoms with van der Waals surface area (Å²) >= 11 is 6.58. The summed E-state index contributed by atoms with van der Waals surface area (Å²) in [5.41, 5.74) is 2.59. The molecule has 4 rings (SSSR count). The number of carbonyl (C=O) groups is 1. The maximum absolute atomic E-state index is 13.3. The van der Waals surface area contributed by atoms with Gasteiger partial charge in [-0.15, -0.1) is 0 Å². The van der Waals surface area contributed by atoms with Gasteiger partial charge in [0.15, 0.2) is 5.75 Å². The number of rotatable bonds is 11. The van der Waals surface area contributed by atoms with Crippen molar-refractivity contribution in [3.8, 4) is 11.8 Å². The normalized spacial score (nSPS) is 14.0. The lowest BCUT2D eigenvalue weighted by molar-refractivity contribution is -0.139. The van der Waals surface area contributed by atoms with Crippen LogP contribution in [0.15, 0.2) is 73.1 Å². The van der Waals surface area contributed by atoms with Crippen LogP contribution < -0.4 is 13.9 Å². The Balaban J connectivity index is 1.49. The van der Waals surface area contributed by atoms with Crippen LogP contribution in [0.3, 0.4) is 0 Å². The maximum Gasteiger partial charge on any atom is 0.323 e. The Morgan fingerprint density at radius 3 is 2.68 bits per heavy atom. The van der Waals surface area contributed by atoms with Crippen LogP contribution in [0.5, 0.6) is 5.75 Å². The van der Waals surface area contributed by atoms with Crippen LogP contribution in [0.25, 0.3) is 6.08 Å². The number of ether oxygens (including phenoxy) is 2. The minimum absolute atomic E-state index is 0.0398. The van der Waals surface area contributed by atoms with E-state index in [4.69, 9.17) is 26.3 Å². The summed E-state index contributed by atoms with van der Waals surface area (Å²) in [6, 6.07) is 17.7. The molecule has 1 aliphatic rings. The number of carbonyl (C=O) groups excluding carboxylic acids is 1. The minimum atomic E-state index is -4.11. The van der Waals surface area contributed by atoms with E-state index in [0.29, 0.717) is 11.3 Å². The van der Waals surface area contributed by atoms with Gasteiger partial charge < -0.3 is 14.4 Å². The van der Waals surface area contributed by atoms with Gasteiger partial charge in [0.05, 0.1) is 47.4 Å². The molecule has 2 heterocycles. The van der Waals surface area contributed by atoms with Crippen molar-refractivity contribution in [2.75, 3.05) is 41.2 Å². The van der Waals surface area contributed by atoms with Gasteiger partial charge in [-0.3, -0.25) is 14.1 Å². The van der Waals surface area contributed by atoms with Crippen molar-refractivity contribution < 1.29 is 22.7 Å². The van der Waals surface area contributed by atoms with Gasteiger partial charge in [-0.25, -0.2) is 8.42 Å². The highest BCUT2D eigenvalue weighted by Gasteiger charge is 2.27. The average Bonchev–Trinajstić information content (AvgIpc) is 2.97. The third-order valence-electron chi connectivity index (χ3n) is 6.49. The molecular formula is C30H31ClN4O5S. The molecule has 1 saturated heterocycles. The molecule has 0 amide bonds. The topological polar surface area (TPSA) is 113 Å². The van der Waals surface area contributed by atoms with Gasteiger partial charge in [-0.2, -0.15) is 5.26 Å². The number of hydrogen-bond donors (Lipinski definition) is 0. The van der Waals surface area contributed by atoms with Crippen LogP contribution in [0.4, 0.5) is 11.4 Å². The largest absolute Gasteiger partial charge is 0.489 e. The molecule has 0 spiro atoms. The average molecular weight is 595 g/mol. The van der Waals surface area contributed by atoms with Crippen molar-refractivity contribution >= 4 is 45.0 Å². The number of halogens is 1. The molecule has 0 unspecified atom stereocenters. The Morgan fingerprint density at radius 2 is 2.00 bits per heavy atom. The van der Waals surface area contributed by atoms with Gasteiger partial charge in [0.25, 0.3) is 0 Å². The molecule has 11 heteroatoms. The van der Waals surface area contributed by atoms with Crippen molar-refractivity contribution in [2.45, 2.75) is 25.9 Å². The van der Waals surface area contributed by atoms with Gasteiger partial charge >= 0.3 is 5.97 Å². The van der Waals surface area contributed by atoms with Gasteiger partial charge in [-0.1, -0.05) is 35.9 Å². The summed E-state index contributed by atoms with van der Waals surface area (Å²) in [5, 5.41) is 9.40. The lowest BCUT2D eigenvalue weighted by atomic mass is 10.1. The number of nitrogens with zero attached hydrogens (tertiary/aromatic N) is 4. The highest BCUT2D eigenvalue weighted by Crippen LogP contribution is 2.33. The summed E-state index contributed by atoms with van der Waals surface area (Å²) in [6.45, 7) is 3.25. The lowest BCUT2D eigenvalue weighted by Gasteiger charge is -2.33. The third-order valence-corrected chi connectivity index (χ3v) is 8.42. The number of hydrogen-bond acceptors (Lipinski definition) is 8. The summed E-state index contributed by atoms with van der Waals surface area (Å²) in [7, 11) is -4.11. The molecule has 214 valence electrons. The highest BCUT2D eigenvalue weighted by atomic mass is 35.5. The molecule has 1 aromatic heterocycles. The number of aromatic nitrogens is 1. The first kappa shape index (κ1) is 29.9. The standard InChI is InChI=1S/C30H31ClN4O5S/c1-2-39-30(36)22-41(37,38)35(15-5-8-23-6-3-7-24(18-23)20-32)25-10-11-29(28(31)19-25)40-27-12-16-34(17-13-27)26-9-4-14-33-21-26/h3-11,14,18-19,21,27H,2,12-13,15-17,22H2,1H3/b8-5+. The van der Waals surface area contributed by atoms with E-state index in [2.05, 4.69) is 16.0 Å². The van der Waals surface area contributed by atoms with Crippen LogP contribution in [0.2, 0.25) is 5.02 Å². The molecule has 0 N–H and O–H groups in total. The van der Waals surface area contributed by atoms with Crippen molar-refractivity contribution in [2.24, 2.45) is 0 Å². The van der Waals surface area contributed by atoms with Crippen LogP contribution in [-0.4, -0.2) is 57.5 Å². The lowest BCUT2D eigenvalue weighted by Crippen LogP contribution is -2.38. The molecule has 0 bridgehead atoms. The number of esters is 1. The first-order chi connectivity index (χ1) is 19.8. The SMILES string of the molecule is CCOC(=O)CS(=O)(=O)N(C/C=C/c1cccc(C#N)c1)c1ccc(OC2CCN(c3cccnc3)CC2)c(Cl)c1. The fraction of sp³-hybridized carbons (Fsp3) is 0.300. The summed E-state index contributed by atoms with van der Waals surface area (Å²) < 4.78 is 38.7. The molecule has 0 atom stereocenters. The second-order valence-electron chi connectivity index (χ2n) is 9.36. The highest BCUT2D eigenvalue weighted by molar-refractivity contribution is 7.93. The number of sulfonamides is 1. The first-order valence-electron chi connectivity index (χ1n) is 13.2. The van der Waals surface area contributed by atoms with E-state index in [1.807, 2.05) is 18.3 Å². The van der Waals surface area contributed by atoms with Gasteiger partial charge in [-0.05, 0) is 55.0 Å². The summed E-state index contributed by atoms with van der Waals surface area (Å²) in [4.78, 5) is 18.5. The molecule has 3 aromatic rings. The molecule has 41 heavy (non-hydrogen) atoms. The molecule has 1 fully saturated rings. The molecule has 1 aliphatic heterocycles. The Kier molecular flexibility index (Phi) is 10.2. The van der Waals surface area contributed by atoms with E-state index >= 15 is 0 Å². The Morgan fingerprint density at radius 1 is 1.20 bits per heavy atom. The van der Waals surface area contributed by atoms with Crippen molar-refractivity contribution in [3.05, 3.63) is 89.2 Å². The molecule has 0 saturated carbocycles. The zero-order chi connectivity index (χ0) is 29.2. The quantitative estimate of drug-likeness (QED) is 0.283. The fourth-order valence-electron chi connectivity index (χ4n) is 4.50. The smallest absolute Gasteiger partial charge is 0.323 e. The van der Waals surface area contributed by atoms with E-state index in [0.717, 1.165) is 41.5 Å². The van der Waals surface area contributed by atoms with Crippen LogP contribution in [0, 0.1) is 11.3 Å². The Hall–Kier alpha value is -4.07.